The highest BCUT2D eigenvalue weighted by Crippen LogP contribution is 2.35. The molecule has 5 nitrogen and oxygen atoms in total. The van der Waals surface area contributed by atoms with E-state index in [1.165, 1.54) is 0 Å². The van der Waals surface area contributed by atoms with Crippen molar-refractivity contribution in [3.63, 3.8) is 0 Å². The van der Waals surface area contributed by atoms with Crippen molar-refractivity contribution in [1.29, 1.82) is 0 Å². The second kappa shape index (κ2) is 9.58. The summed E-state index contributed by atoms with van der Waals surface area (Å²) in [5.74, 6) is 1.64. The van der Waals surface area contributed by atoms with E-state index in [4.69, 9.17) is 18.9 Å². The normalized spacial score (nSPS) is 12.2. The van der Waals surface area contributed by atoms with Gasteiger partial charge >= 0.3 is 0 Å². The van der Waals surface area contributed by atoms with Gasteiger partial charge < -0.3 is 24.3 Å². The number of nitrogens with one attached hydrogen (secondary N) is 1. The van der Waals surface area contributed by atoms with Gasteiger partial charge in [-0.05, 0) is 25.6 Å². The Morgan fingerprint density at radius 2 is 1.65 bits per heavy atom. The van der Waals surface area contributed by atoms with Crippen LogP contribution in [-0.2, 0) is 9.47 Å². The monoisotopic (exact) mass is 283 g/mol. The van der Waals surface area contributed by atoms with Gasteiger partial charge in [-0.25, -0.2) is 0 Å². The van der Waals surface area contributed by atoms with Crippen molar-refractivity contribution in [2.24, 2.45) is 0 Å². The van der Waals surface area contributed by atoms with Gasteiger partial charge in [-0.15, -0.1) is 0 Å². The van der Waals surface area contributed by atoms with Gasteiger partial charge in [0.15, 0.2) is 0 Å². The molecule has 1 N–H and O–H groups in total. The van der Waals surface area contributed by atoms with Crippen LogP contribution in [0.2, 0.25) is 0 Å². The molecule has 114 valence electrons. The lowest BCUT2D eigenvalue weighted by atomic mass is 10.0. The quantitative estimate of drug-likeness (QED) is 0.666. The fourth-order valence-corrected chi connectivity index (χ4v) is 2.10. The second-order valence-corrected chi connectivity index (χ2v) is 4.31. The van der Waals surface area contributed by atoms with Crippen LogP contribution < -0.4 is 14.8 Å². The van der Waals surface area contributed by atoms with Crippen LogP contribution in [0, 0.1) is 0 Å². The Morgan fingerprint density at radius 3 is 2.15 bits per heavy atom. The molecule has 1 unspecified atom stereocenters. The summed E-state index contributed by atoms with van der Waals surface area (Å²) in [4.78, 5) is 0. The van der Waals surface area contributed by atoms with Crippen molar-refractivity contribution in [3.05, 3.63) is 23.8 Å². The zero-order valence-electron chi connectivity index (χ0n) is 12.8. The van der Waals surface area contributed by atoms with E-state index in [-0.39, 0.29) is 6.04 Å². The average molecular weight is 283 g/mol. The maximum atomic E-state index is 5.53. The highest BCUT2D eigenvalue weighted by molar-refractivity contribution is 5.47. The summed E-state index contributed by atoms with van der Waals surface area (Å²) in [6.07, 6.45) is 0.830. The first kappa shape index (κ1) is 16.8. The first-order chi connectivity index (χ1) is 9.78. The Hall–Kier alpha value is -1.30. The Labute approximate surface area is 121 Å². The highest BCUT2D eigenvalue weighted by Gasteiger charge is 2.19. The van der Waals surface area contributed by atoms with Crippen LogP contribution in [-0.4, -0.2) is 48.2 Å². The lowest BCUT2D eigenvalue weighted by molar-refractivity contribution is 0.0659. The van der Waals surface area contributed by atoms with Crippen LogP contribution in [0.4, 0.5) is 0 Å². The summed E-state index contributed by atoms with van der Waals surface area (Å²) in [6, 6.07) is 5.91. The largest absolute Gasteiger partial charge is 0.496 e. The Morgan fingerprint density at radius 1 is 1.00 bits per heavy atom. The number of methoxy groups -OCH3 is 3. The van der Waals surface area contributed by atoms with Crippen molar-refractivity contribution in [3.8, 4) is 11.5 Å². The first-order valence-electron chi connectivity index (χ1n) is 6.73. The molecule has 1 aromatic rings. The second-order valence-electron chi connectivity index (χ2n) is 4.31. The van der Waals surface area contributed by atoms with Crippen LogP contribution in [0.15, 0.2) is 18.2 Å². The van der Waals surface area contributed by atoms with E-state index in [0.717, 1.165) is 23.5 Å². The standard InChI is InChI=1S/C15H25NO4/c1-16-12(8-9-20-11-10-17-2)15-13(18-3)6-5-7-14(15)19-4/h5-7,12,16H,8-11H2,1-4H3. The lowest BCUT2D eigenvalue weighted by Crippen LogP contribution is -2.20. The minimum Gasteiger partial charge on any atom is -0.496 e. The number of hydrogen-bond acceptors (Lipinski definition) is 5. The number of hydrogen-bond donors (Lipinski definition) is 1. The fraction of sp³-hybridized carbons (Fsp3) is 0.600. The molecular weight excluding hydrogens is 258 g/mol. The van der Waals surface area contributed by atoms with Gasteiger partial charge in [0.1, 0.15) is 11.5 Å². The zero-order chi connectivity index (χ0) is 14.8. The molecule has 0 bridgehead atoms. The van der Waals surface area contributed by atoms with Crippen LogP contribution >= 0.6 is 0 Å². The van der Waals surface area contributed by atoms with E-state index in [1.54, 1.807) is 21.3 Å². The average Bonchev–Trinajstić information content (AvgIpc) is 2.50. The summed E-state index contributed by atoms with van der Waals surface area (Å²) < 4.78 is 21.3. The van der Waals surface area contributed by atoms with Gasteiger partial charge in [-0.1, -0.05) is 6.07 Å². The molecule has 0 amide bonds. The Balaban J connectivity index is 2.73. The Bertz CT molecular complexity index is 362. The van der Waals surface area contributed by atoms with E-state index in [2.05, 4.69) is 5.32 Å². The third kappa shape index (κ3) is 4.67. The van der Waals surface area contributed by atoms with E-state index in [9.17, 15) is 0 Å². The predicted octanol–water partition coefficient (Wildman–Crippen LogP) is 2.02. The van der Waals surface area contributed by atoms with Crippen molar-refractivity contribution in [2.45, 2.75) is 12.5 Å². The third-order valence-electron chi connectivity index (χ3n) is 3.15. The first-order valence-corrected chi connectivity index (χ1v) is 6.73. The molecule has 1 aromatic carbocycles. The number of ether oxygens (including phenoxy) is 4. The van der Waals surface area contributed by atoms with Crippen molar-refractivity contribution in [1.82, 2.24) is 5.32 Å². The molecule has 0 fully saturated rings. The molecule has 0 heterocycles. The topological polar surface area (TPSA) is 49.0 Å². The molecule has 0 aliphatic heterocycles. The molecule has 0 saturated carbocycles. The van der Waals surface area contributed by atoms with Gasteiger partial charge in [0, 0.05) is 19.8 Å². The molecule has 5 heteroatoms. The van der Waals surface area contributed by atoms with Gasteiger partial charge in [0.2, 0.25) is 0 Å². The highest BCUT2D eigenvalue weighted by atomic mass is 16.5. The predicted molar refractivity (Wildman–Crippen MR) is 78.7 cm³/mol. The lowest BCUT2D eigenvalue weighted by Gasteiger charge is -2.21. The molecular formula is C15H25NO4. The van der Waals surface area contributed by atoms with Crippen molar-refractivity contribution >= 4 is 0 Å². The molecule has 0 aromatic heterocycles. The third-order valence-corrected chi connectivity index (χ3v) is 3.15. The molecule has 0 aliphatic rings. The van der Waals surface area contributed by atoms with Crippen LogP contribution in [0.25, 0.3) is 0 Å². The van der Waals surface area contributed by atoms with Gasteiger partial charge in [0.25, 0.3) is 0 Å². The summed E-state index contributed by atoms with van der Waals surface area (Å²) in [5.41, 5.74) is 1.02. The minimum absolute atomic E-state index is 0.114. The molecule has 0 radical (unpaired) electrons. The SMILES string of the molecule is CNC(CCOCCOC)c1c(OC)cccc1OC. The van der Waals surface area contributed by atoms with E-state index >= 15 is 0 Å². The molecule has 0 saturated heterocycles. The summed E-state index contributed by atoms with van der Waals surface area (Å²) in [7, 11) is 6.92. The van der Waals surface area contributed by atoms with Crippen LogP contribution in [0.3, 0.4) is 0 Å². The molecule has 0 spiro atoms. The smallest absolute Gasteiger partial charge is 0.127 e. The zero-order valence-corrected chi connectivity index (χ0v) is 12.8. The van der Waals surface area contributed by atoms with Crippen molar-refractivity contribution in [2.75, 3.05) is 48.2 Å². The summed E-state index contributed by atoms with van der Waals surface area (Å²) in [5, 5.41) is 3.29. The molecule has 0 aliphatic carbocycles. The maximum Gasteiger partial charge on any atom is 0.127 e. The Kier molecular flexibility index (Phi) is 8.02. The van der Waals surface area contributed by atoms with Crippen LogP contribution in [0.5, 0.6) is 11.5 Å². The minimum atomic E-state index is 0.114. The van der Waals surface area contributed by atoms with Crippen molar-refractivity contribution < 1.29 is 18.9 Å². The van der Waals surface area contributed by atoms with Crippen LogP contribution in [0.1, 0.15) is 18.0 Å². The number of rotatable bonds is 10. The van der Waals surface area contributed by atoms with Gasteiger partial charge in [0.05, 0.1) is 33.0 Å². The summed E-state index contributed by atoms with van der Waals surface area (Å²) >= 11 is 0. The molecule has 1 rings (SSSR count). The fourth-order valence-electron chi connectivity index (χ4n) is 2.10. The van der Waals surface area contributed by atoms with E-state index in [1.807, 2.05) is 25.2 Å². The molecule has 1 atom stereocenters. The summed E-state index contributed by atoms with van der Waals surface area (Å²) in [6.45, 7) is 1.87. The van der Waals surface area contributed by atoms with Gasteiger partial charge in [-0.2, -0.15) is 0 Å². The molecule has 20 heavy (non-hydrogen) atoms. The van der Waals surface area contributed by atoms with E-state index < -0.39 is 0 Å². The van der Waals surface area contributed by atoms with Gasteiger partial charge in [-0.3, -0.25) is 0 Å². The number of benzene rings is 1. The maximum absolute atomic E-state index is 5.53. The van der Waals surface area contributed by atoms with E-state index in [0.29, 0.717) is 19.8 Å².